The van der Waals surface area contributed by atoms with Crippen LogP contribution in [-0.2, 0) is 26.2 Å². The molecule has 0 radical (unpaired) electrons. The van der Waals surface area contributed by atoms with Crippen LogP contribution in [0.1, 0.15) is 24.0 Å². The van der Waals surface area contributed by atoms with Gasteiger partial charge in [0.1, 0.15) is 6.04 Å². The van der Waals surface area contributed by atoms with E-state index in [9.17, 15) is 34.8 Å². The predicted molar refractivity (Wildman–Crippen MR) is 91.8 cm³/mol. The number of amides is 3. The van der Waals surface area contributed by atoms with E-state index >= 15 is 0 Å². The highest BCUT2D eigenvalue weighted by molar-refractivity contribution is 6.42. The number of benzene rings is 1. The molecule has 12 heteroatoms. The second-order valence-electron chi connectivity index (χ2n) is 5.80. The van der Waals surface area contributed by atoms with E-state index in [0.29, 0.717) is 0 Å². The van der Waals surface area contributed by atoms with Crippen LogP contribution in [0.2, 0.25) is 10.0 Å². The van der Waals surface area contributed by atoms with Crippen molar-refractivity contribution in [2.45, 2.75) is 30.7 Å². The summed E-state index contributed by atoms with van der Waals surface area (Å²) in [6.45, 7) is 0. The van der Waals surface area contributed by atoms with E-state index in [2.05, 4.69) is 10.6 Å². The zero-order valence-electron chi connectivity index (χ0n) is 13.9. The van der Waals surface area contributed by atoms with Gasteiger partial charge in [0.15, 0.2) is 0 Å². The molecule has 1 aromatic carbocycles. The number of halogens is 2. The van der Waals surface area contributed by atoms with E-state index in [0.717, 1.165) is 12.1 Å². The summed E-state index contributed by atoms with van der Waals surface area (Å²) in [5.41, 5.74) is -0.881. The van der Waals surface area contributed by atoms with Gasteiger partial charge in [-0.15, -0.1) is 0 Å². The number of hydrogen-bond donors (Lipinski definition) is 6. The van der Waals surface area contributed by atoms with Gasteiger partial charge in [0.25, 0.3) is 11.8 Å². The summed E-state index contributed by atoms with van der Waals surface area (Å²) < 4.78 is 0. The summed E-state index contributed by atoms with van der Waals surface area (Å²) >= 11 is 11.6. The molecule has 2 rings (SSSR count). The Morgan fingerprint density at radius 1 is 1.15 bits per heavy atom. The highest BCUT2D eigenvalue weighted by atomic mass is 35.5. The standard InChI is InChI=1S/C15H17Cl2N3O7/c1-18-13(23)11(19-6-21)2-3-12(22)20-14(24,25)7-4-9(16)10(17)5-8(7)15(20,26)27/h4-6,11,24-27H,2-3H2,1H3,(H,18,23)(H,19,21). The number of hydrogen-bond acceptors (Lipinski definition) is 7. The largest absolute Gasteiger partial charge is 0.357 e. The number of carbonyl (C=O) groups is 3. The highest BCUT2D eigenvalue weighted by Crippen LogP contribution is 2.47. The molecule has 1 unspecified atom stereocenters. The molecule has 1 aliphatic heterocycles. The summed E-state index contributed by atoms with van der Waals surface area (Å²) in [4.78, 5) is 34.8. The Bertz CT molecular complexity index is 744. The minimum Gasteiger partial charge on any atom is -0.357 e. The number of likely N-dealkylation sites (N-methyl/N-ethyl adjacent to an activating group) is 1. The molecule has 0 bridgehead atoms. The number of nitrogens with one attached hydrogen (secondary N) is 2. The first kappa shape index (κ1) is 21.4. The molecule has 0 fully saturated rings. The van der Waals surface area contributed by atoms with Gasteiger partial charge in [-0.1, -0.05) is 23.2 Å². The van der Waals surface area contributed by atoms with Crippen molar-refractivity contribution < 1.29 is 34.8 Å². The van der Waals surface area contributed by atoms with Crippen LogP contribution in [0.25, 0.3) is 0 Å². The van der Waals surface area contributed by atoms with E-state index in [1.165, 1.54) is 7.05 Å². The van der Waals surface area contributed by atoms with Gasteiger partial charge in [-0.05, 0) is 18.6 Å². The van der Waals surface area contributed by atoms with Gasteiger partial charge in [-0.25, -0.2) is 4.90 Å². The number of nitrogens with zero attached hydrogens (tertiary/aromatic N) is 1. The Labute approximate surface area is 163 Å². The Morgan fingerprint density at radius 3 is 2.04 bits per heavy atom. The van der Waals surface area contributed by atoms with E-state index in [-0.39, 0.29) is 27.8 Å². The van der Waals surface area contributed by atoms with Crippen LogP contribution in [0.3, 0.4) is 0 Å². The van der Waals surface area contributed by atoms with Gasteiger partial charge in [-0.3, -0.25) is 14.4 Å². The maximum atomic E-state index is 12.5. The minimum atomic E-state index is -3.09. The van der Waals surface area contributed by atoms with E-state index in [4.69, 9.17) is 23.2 Å². The van der Waals surface area contributed by atoms with Crippen molar-refractivity contribution in [3.8, 4) is 0 Å². The third-order valence-corrected chi connectivity index (χ3v) is 4.86. The van der Waals surface area contributed by atoms with Crippen LogP contribution in [-0.4, -0.2) is 56.6 Å². The number of aliphatic hydroxyl groups is 4. The first-order valence-corrected chi connectivity index (χ1v) is 8.38. The lowest BCUT2D eigenvalue weighted by Crippen LogP contribution is -2.55. The molecule has 0 aromatic heterocycles. The quantitative estimate of drug-likeness (QED) is 0.245. The van der Waals surface area contributed by atoms with Crippen molar-refractivity contribution in [1.29, 1.82) is 0 Å². The Balaban J connectivity index is 2.31. The molecule has 1 aliphatic rings. The molecule has 1 heterocycles. The molecule has 1 aromatic rings. The topological polar surface area (TPSA) is 159 Å². The Kier molecular flexibility index (Phi) is 6.00. The molecular weight excluding hydrogens is 405 g/mol. The third-order valence-electron chi connectivity index (χ3n) is 4.14. The second kappa shape index (κ2) is 7.58. The average Bonchev–Trinajstić information content (AvgIpc) is 2.73. The van der Waals surface area contributed by atoms with Gasteiger partial charge in [-0.2, -0.15) is 0 Å². The van der Waals surface area contributed by atoms with Crippen LogP contribution < -0.4 is 10.6 Å². The van der Waals surface area contributed by atoms with E-state index < -0.39 is 47.2 Å². The van der Waals surface area contributed by atoms with Crippen molar-refractivity contribution in [1.82, 2.24) is 15.5 Å². The molecule has 3 amide bonds. The lowest BCUT2D eigenvalue weighted by Gasteiger charge is -2.35. The van der Waals surface area contributed by atoms with Gasteiger partial charge in [0.2, 0.25) is 18.2 Å². The predicted octanol–water partition coefficient (Wildman–Crippen LogP) is -1.33. The van der Waals surface area contributed by atoms with E-state index in [1.54, 1.807) is 0 Å². The lowest BCUT2D eigenvalue weighted by atomic mass is 10.1. The van der Waals surface area contributed by atoms with Crippen molar-refractivity contribution in [2.24, 2.45) is 0 Å². The molecule has 27 heavy (non-hydrogen) atoms. The van der Waals surface area contributed by atoms with Crippen LogP contribution in [0.15, 0.2) is 12.1 Å². The van der Waals surface area contributed by atoms with E-state index in [1.807, 2.05) is 0 Å². The normalized spacial score (nSPS) is 17.8. The number of carbonyl (C=O) groups excluding carboxylic acids is 3. The third kappa shape index (κ3) is 3.72. The smallest absolute Gasteiger partial charge is 0.282 e. The molecule has 1 atom stereocenters. The van der Waals surface area contributed by atoms with Crippen molar-refractivity contribution in [2.75, 3.05) is 7.05 Å². The first-order chi connectivity index (χ1) is 12.5. The first-order valence-electron chi connectivity index (χ1n) is 7.62. The fourth-order valence-corrected chi connectivity index (χ4v) is 3.16. The summed E-state index contributed by atoms with van der Waals surface area (Å²) in [6.07, 6.45) is -0.497. The molecule has 10 nitrogen and oxygen atoms in total. The fraction of sp³-hybridized carbons (Fsp3) is 0.400. The molecule has 0 saturated carbocycles. The summed E-state index contributed by atoms with van der Waals surface area (Å²) in [6, 6.07) is 0.910. The minimum absolute atomic E-state index is 0.0269. The van der Waals surface area contributed by atoms with Crippen LogP contribution in [0.4, 0.5) is 0 Å². The molecular formula is C15H17Cl2N3O7. The zero-order chi connectivity index (χ0) is 20.6. The van der Waals surface area contributed by atoms with Gasteiger partial charge >= 0.3 is 0 Å². The van der Waals surface area contributed by atoms with Crippen LogP contribution in [0, 0.1) is 0 Å². The molecule has 148 valence electrons. The summed E-state index contributed by atoms with van der Waals surface area (Å²) in [5, 5.41) is 45.7. The summed E-state index contributed by atoms with van der Waals surface area (Å²) in [5.74, 6) is -7.89. The van der Waals surface area contributed by atoms with Crippen LogP contribution >= 0.6 is 23.2 Å². The lowest BCUT2D eigenvalue weighted by molar-refractivity contribution is -0.363. The second-order valence-corrected chi connectivity index (χ2v) is 6.62. The SMILES string of the molecule is CNC(=O)C(CCC(=O)N1C(O)(O)c2cc(Cl)c(Cl)cc2C1(O)O)NC=O. The monoisotopic (exact) mass is 421 g/mol. The maximum Gasteiger partial charge on any atom is 0.282 e. The number of fused-ring (bicyclic) bond motifs is 1. The Morgan fingerprint density at radius 2 is 1.63 bits per heavy atom. The van der Waals surface area contributed by atoms with Gasteiger partial charge in [0, 0.05) is 24.6 Å². The van der Waals surface area contributed by atoms with Gasteiger partial charge in [0.05, 0.1) is 10.0 Å². The zero-order valence-corrected chi connectivity index (χ0v) is 15.5. The molecule has 6 N–H and O–H groups in total. The average molecular weight is 422 g/mol. The molecule has 0 aliphatic carbocycles. The van der Waals surface area contributed by atoms with Gasteiger partial charge < -0.3 is 31.1 Å². The van der Waals surface area contributed by atoms with Crippen molar-refractivity contribution >= 4 is 41.4 Å². The maximum absolute atomic E-state index is 12.5. The number of rotatable bonds is 6. The van der Waals surface area contributed by atoms with Crippen molar-refractivity contribution in [3.05, 3.63) is 33.3 Å². The fourth-order valence-electron chi connectivity index (χ4n) is 2.83. The van der Waals surface area contributed by atoms with Crippen molar-refractivity contribution in [3.63, 3.8) is 0 Å². The van der Waals surface area contributed by atoms with Crippen LogP contribution in [0.5, 0.6) is 0 Å². The highest BCUT2D eigenvalue weighted by Gasteiger charge is 2.59. The summed E-state index contributed by atoms with van der Waals surface area (Å²) in [7, 11) is 1.33. The molecule has 0 spiro atoms. The Hall–Kier alpha value is -1.95. The molecule has 0 saturated heterocycles.